The van der Waals surface area contributed by atoms with Crippen molar-refractivity contribution in [3.8, 4) is 0 Å². The van der Waals surface area contributed by atoms with Crippen LogP contribution in [0.15, 0.2) is 0 Å². The minimum absolute atomic E-state index is 0.190. The summed E-state index contributed by atoms with van der Waals surface area (Å²) in [5.41, 5.74) is -0.992. The molecule has 1 aliphatic carbocycles. The van der Waals surface area contributed by atoms with Gasteiger partial charge in [0, 0.05) is 6.54 Å². The number of aromatic nitrogens is 3. The fourth-order valence-corrected chi connectivity index (χ4v) is 1.80. The highest BCUT2D eigenvalue weighted by atomic mass is 35.5. The van der Waals surface area contributed by atoms with Gasteiger partial charge in [-0.3, -0.25) is 0 Å². The van der Waals surface area contributed by atoms with Gasteiger partial charge in [0.1, 0.15) is 5.69 Å². The van der Waals surface area contributed by atoms with E-state index in [0.29, 0.717) is 5.92 Å². The third kappa shape index (κ3) is 2.48. The first kappa shape index (κ1) is 11.7. The van der Waals surface area contributed by atoms with Crippen molar-refractivity contribution < 1.29 is 13.2 Å². The molecule has 0 bridgehead atoms. The molecule has 0 atom stereocenters. The van der Waals surface area contributed by atoms with Crippen LogP contribution in [-0.4, -0.2) is 15.0 Å². The summed E-state index contributed by atoms with van der Waals surface area (Å²) in [4.78, 5) is 0. The number of alkyl halides is 4. The van der Waals surface area contributed by atoms with E-state index in [1.807, 2.05) is 0 Å². The summed E-state index contributed by atoms with van der Waals surface area (Å²) in [6, 6.07) is 0. The summed E-state index contributed by atoms with van der Waals surface area (Å²) in [5, 5.41) is 6.98. The minimum Gasteiger partial charge on any atom is -0.240 e. The fraction of sp³-hybridized carbons (Fsp3) is 0.778. The van der Waals surface area contributed by atoms with Gasteiger partial charge in [-0.05, 0) is 12.3 Å². The number of hydrogen-bond donors (Lipinski definition) is 0. The van der Waals surface area contributed by atoms with Crippen molar-refractivity contribution in [2.24, 2.45) is 5.92 Å². The summed E-state index contributed by atoms with van der Waals surface area (Å²) in [6.45, 7) is 0.267. The number of hydrogen-bond acceptors (Lipinski definition) is 2. The molecule has 0 aromatic carbocycles. The first-order chi connectivity index (χ1) is 7.52. The molecule has 1 heterocycles. The summed E-state index contributed by atoms with van der Waals surface area (Å²) in [5.74, 6) is 0.294. The maximum Gasteiger partial charge on any atom is 0.434 e. The summed E-state index contributed by atoms with van der Waals surface area (Å²) >= 11 is 5.41. The molecule has 0 radical (unpaired) electrons. The lowest BCUT2D eigenvalue weighted by Crippen LogP contribution is -2.16. The molecular weight excluding hydrogens is 243 g/mol. The molecule has 0 amide bonds. The average molecular weight is 254 g/mol. The Hall–Kier alpha value is -0.780. The molecule has 1 aliphatic rings. The minimum atomic E-state index is -4.43. The van der Waals surface area contributed by atoms with Crippen LogP contribution in [-0.2, 0) is 18.6 Å². The van der Waals surface area contributed by atoms with Crippen LogP contribution in [0.2, 0.25) is 0 Å². The van der Waals surface area contributed by atoms with Gasteiger partial charge in [-0.15, -0.1) is 16.7 Å². The molecule has 0 N–H and O–H groups in total. The molecule has 2 rings (SSSR count). The van der Waals surface area contributed by atoms with Gasteiger partial charge >= 0.3 is 6.18 Å². The number of nitrogens with zero attached hydrogens (tertiary/aromatic N) is 3. The molecule has 1 aromatic heterocycles. The van der Waals surface area contributed by atoms with Crippen LogP contribution in [0.5, 0.6) is 0 Å². The second-order valence-corrected chi connectivity index (χ2v) is 4.24. The quantitative estimate of drug-likeness (QED) is 0.773. The molecular formula is C9H11ClF3N3. The predicted octanol–water partition coefficient (Wildman–Crippen LogP) is 2.84. The number of rotatable bonds is 4. The number of halogens is 4. The Balaban J connectivity index is 2.18. The van der Waals surface area contributed by atoms with Crippen molar-refractivity contribution in [2.75, 3.05) is 0 Å². The second kappa shape index (κ2) is 4.24. The Morgan fingerprint density at radius 3 is 2.56 bits per heavy atom. The molecule has 0 aliphatic heterocycles. The Labute approximate surface area is 95.6 Å². The molecule has 0 unspecified atom stereocenters. The molecule has 90 valence electrons. The molecule has 0 saturated heterocycles. The fourth-order valence-electron chi connectivity index (χ4n) is 1.62. The zero-order valence-electron chi connectivity index (χ0n) is 8.47. The predicted molar refractivity (Wildman–Crippen MR) is 51.9 cm³/mol. The normalized spacial score (nSPS) is 16.8. The first-order valence-corrected chi connectivity index (χ1v) is 5.61. The highest BCUT2D eigenvalue weighted by Crippen LogP contribution is 2.35. The maximum absolute atomic E-state index is 12.7. The summed E-state index contributed by atoms with van der Waals surface area (Å²) in [7, 11) is 0. The van der Waals surface area contributed by atoms with Crippen molar-refractivity contribution in [2.45, 2.75) is 37.9 Å². The van der Waals surface area contributed by atoms with Crippen LogP contribution in [0, 0.1) is 5.92 Å². The van der Waals surface area contributed by atoms with Gasteiger partial charge in [0.2, 0.25) is 0 Å². The van der Waals surface area contributed by atoms with Crippen LogP contribution < -0.4 is 0 Å². The van der Waals surface area contributed by atoms with Crippen LogP contribution >= 0.6 is 11.6 Å². The van der Waals surface area contributed by atoms with Gasteiger partial charge in [0.05, 0.1) is 5.88 Å². The van der Waals surface area contributed by atoms with Crippen LogP contribution in [0.3, 0.4) is 0 Å². The van der Waals surface area contributed by atoms with Gasteiger partial charge < -0.3 is 0 Å². The molecule has 1 fully saturated rings. The Morgan fingerprint density at radius 1 is 1.38 bits per heavy atom. The van der Waals surface area contributed by atoms with Crippen molar-refractivity contribution in [1.82, 2.24) is 15.0 Å². The van der Waals surface area contributed by atoms with Crippen molar-refractivity contribution in [3.63, 3.8) is 0 Å². The summed E-state index contributed by atoms with van der Waals surface area (Å²) in [6.07, 6.45) is -1.48. The Bertz CT molecular complexity index is 371. The van der Waals surface area contributed by atoms with E-state index in [-0.39, 0.29) is 18.1 Å². The van der Waals surface area contributed by atoms with E-state index >= 15 is 0 Å². The van der Waals surface area contributed by atoms with Crippen molar-refractivity contribution in [3.05, 3.63) is 11.4 Å². The highest BCUT2D eigenvalue weighted by Gasteiger charge is 2.39. The lowest BCUT2D eigenvalue weighted by molar-refractivity contribution is -0.144. The maximum atomic E-state index is 12.7. The van der Waals surface area contributed by atoms with Gasteiger partial charge in [-0.1, -0.05) is 18.1 Å². The van der Waals surface area contributed by atoms with E-state index in [1.54, 1.807) is 0 Å². The van der Waals surface area contributed by atoms with Gasteiger partial charge in [0.25, 0.3) is 0 Å². The van der Waals surface area contributed by atoms with Crippen LogP contribution in [0.1, 0.15) is 30.7 Å². The average Bonchev–Trinajstić information content (AvgIpc) is 2.92. The molecule has 1 saturated carbocycles. The van der Waals surface area contributed by atoms with E-state index < -0.39 is 11.9 Å². The number of aryl methyl sites for hydroxylation is 1. The molecule has 1 aromatic rings. The van der Waals surface area contributed by atoms with Crippen molar-refractivity contribution >= 4 is 11.6 Å². The largest absolute Gasteiger partial charge is 0.434 e. The smallest absolute Gasteiger partial charge is 0.240 e. The van der Waals surface area contributed by atoms with E-state index in [9.17, 15) is 13.2 Å². The summed E-state index contributed by atoms with van der Waals surface area (Å²) < 4.78 is 39.1. The van der Waals surface area contributed by atoms with Crippen molar-refractivity contribution in [1.29, 1.82) is 0 Å². The zero-order valence-corrected chi connectivity index (χ0v) is 9.22. The van der Waals surface area contributed by atoms with Crippen LogP contribution in [0.4, 0.5) is 13.2 Å². The lowest BCUT2D eigenvalue weighted by atomic mass is 10.3. The lowest BCUT2D eigenvalue weighted by Gasteiger charge is -2.10. The monoisotopic (exact) mass is 253 g/mol. The van der Waals surface area contributed by atoms with E-state index in [2.05, 4.69) is 10.3 Å². The molecule has 0 spiro atoms. The Morgan fingerprint density at radius 2 is 2.06 bits per heavy atom. The Kier molecular flexibility index (Phi) is 3.10. The third-order valence-electron chi connectivity index (χ3n) is 2.65. The molecule has 7 heteroatoms. The van der Waals surface area contributed by atoms with Gasteiger partial charge in [-0.25, -0.2) is 4.68 Å². The van der Waals surface area contributed by atoms with Gasteiger partial charge in [-0.2, -0.15) is 13.2 Å². The highest BCUT2D eigenvalue weighted by molar-refractivity contribution is 6.16. The van der Waals surface area contributed by atoms with E-state index in [0.717, 1.165) is 23.9 Å². The zero-order chi connectivity index (χ0) is 11.8. The molecule has 16 heavy (non-hydrogen) atoms. The first-order valence-electron chi connectivity index (χ1n) is 5.08. The van der Waals surface area contributed by atoms with E-state index in [4.69, 9.17) is 11.6 Å². The van der Waals surface area contributed by atoms with E-state index in [1.165, 1.54) is 0 Å². The third-order valence-corrected chi connectivity index (χ3v) is 2.90. The van der Waals surface area contributed by atoms with Gasteiger partial charge in [0.15, 0.2) is 5.69 Å². The SMILES string of the molecule is FC(F)(F)c1c(CCl)nnn1CCC1CC1. The standard InChI is InChI=1S/C9H11ClF3N3/c10-5-7-8(9(11,12)13)16(15-14-7)4-3-6-1-2-6/h6H,1-5H2. The molecule has 3 nitrogen and oxygen atoms in total. The topological polar surface area (TPSA) is 30.7 Å². The van der Waals surface area contributed by atoms with Crippen LogP contribution in [0.25, 0.3) is 0 Å². The second-order valence-electron chi connectivity index (χ2n) is 3.97.